The van der Waals surface area contributed by atoms with Gasteiger partial charge in [-0.3, -0.25) is 0 Å². The minimum Gasteiger partial charge on any atom is -0.475 e. The standard InChI is InChI=1S/C34H32N6.4C2HF3O2/c1-3-29(35-15-1)33-37-20-32(40-33)23-9-5-21(6-10-23)24-11-7-22-8-12-25(18-27(22)17-24)26-13-14-28-31(19-26)39-34(38-28)30-4-2-16-36-30;4*3-2(4,5)1(6)7/h5-14,17-20,29-30,35-36H,1-4,15-16H2,(H,37,40)(H,38,39);4*(H,6,7)/t29-,30-;;;;/m0..../s1. The van der Waals surface area contributed by atoms with Gasteiger partial charge in [0.1, 0.15) is 11.6 Å². The molecule has 2 aliphatic rings. The molecule has 8 N–H and O–H groups in total. The van der Waals surface area contributed by atoms with E-state index in [1.807, 2.05) is 6.20 Å². The molecule has 2 fully saturated rings. The zero-order valence-electron chi connectivity index (χ0n) is 34.3. The molecule has 0 saturated carbocycles. The van der Waals surface area contributed by atoms with E-state index in [0.29, 0.717) is 12.1 Å². The van der Waals surface area contributed by atoms with Crippen LogP contribution >= 0.6 is 0 Å². The number of H-pyrrole nitrogens is 2. The summed E-state index contributed by atoms with van der Waals surface area (Å²) in [4.78, 5) is 52.1. The fourth-order valence-corrected chi connectivity index (χ4v) is 6.32. The smallest absolute Gasteiger partial charge is 0.475 e. The van der Waals surface area contributed by atoms with Gasteiger partial charge in [-0.05, 0) is 102 Å². The Hall–Kier alpha value is -7.22. The molecule has 0 radical (unpaired) electrons. The van der Waals surface area contributed by atoms with Crippen LogP contribution in [-0.2, 0) is 19.2 Å². The second kappa shape index (κ2) is 22.1. The lowest BCUT2D eigenvalue weighted by Gasteiger charge is -2.08. The number of rotatable bonds is 5. The van der Waals surface area contributed by atoms with Gasteiger partial charge in [-0.2, -0.15) is 52.7 Å². The first-order valence-electron chi connectivity index (χ1n) is 19.4. The van der Waals surface area contributed by atoms with Crippen LogP contribution in [0, 0.1) is 0 Å². The number of nitrogens with zero attached hydrogens (tertiary/aromatic N) is 2. The number of hydrogen-bond donors (Lipinski definition) is 8. The maximum absolute atomic E-state index is 10.6. The highest BCUT2D eigenvalue weighted by atomic mass is 19.4. The van der Waals surface area contributed by atoms with Crippen molar-refractivity contribution in [2.45, 2.75) is 62.5 Å². The quantitative estimate of drug-likeness (QED) is 0.0755. The van der Waals surface area contributed by atoms with Crippen LogP contribution in [0.5, 0.6) is 0 Å². The van der Waals surface area contributed by atoms with Gasteiger partial charge in [0.15, 0.2) is 0 Å². The summed E-state index contributed by atoms with van der Waals surface area (Å²) >= 11 is 0. The van der Waals surface area contributed by atoms with E-state index in [4.69, 9.17) is 44.6 Å². The van der Waals surface area contributed by atoms with Crippen LogP contribution in [-0.4, -0.2) is 102 Å². The fourth-order valence-electron chi connectivity index (χ4n) is 6.32. The van der Waals surface area contributed by atoms with E-state index in [9.17, 15) is 52.7 Å². The molecule has 0 bridgehead atoms. The molecular formula is C42H36F12N6O8. The molecule has 0 spiro atoms. The van der Waals surface area contributed by atoms with Crippen molar-refractivity contribution in [3.05, 3.63) is 96.7 Å². The number of aromatic amines is 2. The molecule has 68 heavy (non-hydrogen) atoms. The Morgan fingerprint density at radius 1 is 0.485 bits per heavy atom. The van der Waals surface area contributed by atoms with Crippen molar-refractivity contribution in [3.8, 4) is 33.5 Å². The van der Waals surface area contributed by atoms with E-state index in [-0.39, 0.29) is 0 Å². The third-order valence-corrected chi connectivity index (χ3v) is 9.55. The Labute approximate surface area is 374 Å². The minimum absolute atomic E-state index is 0.343. The van der Waals surface area contributed by atoms with Gasteiger partial charge >= 0.3 is 48.6 Å². The first-order chi connectivity index (χ1) is 31.5. The molecule has 0 unspecified atom stereocenters. The molecule has 2 saturated heterocycles. The van der Waals surface area contributed by atoms with Crippen molar-refractivity contribution in [3.63, 3.8) is 0 Å². The lowest BCUT2D eigenvalue weighted by atomic mass is 9.97. The van der Waals surface area contributed by atoms with Crippen LogP contribution in [0.3, 0.4) is 0 Å². The van der Waals surface area contributed by atoms with Gasteiger partial charge in [-0.15, -0.1) is 0 Å². The zero-order chi connectivity index (χ0) is 50.8. The molecule has 2 aromatic heterocycles. The number of aliphatic carboxylic acids is 4. The van der Waals surface area contributed by atoms with Crippen molar-refractivity contribution in [2.75, 3.05) is 13.1 Å². The molecule has 4 heterocycles. The molecule has 6 aromatic rings. The van der Waals surface area contributed by atoms with Crippen molar-refractivity contribution in [2.24, 2.45) is 0 Å². The monoisotopic (exact) mass is 980 g/mol. The second-order valence-electron chi connectivity index (χ2n) is 14.4. The fraction of sp³-hybridized carbons (Fsp3) is 0.286. The Kier molecular flexibility index (Phi) is 17.3. The van der Waals surface area contributed by atoms with Crippen LogP contribution in [0.2, 0.25) is 0 Å². The lowest BCUT2D eigenvalue weighted by Crippen LogP contribution is -2.21. The predicted molar refractivity (Wildman–Crippen MR) is 217 cm³/mol. The number of carboxylic acid groups (broad SMARTS) is 4. The number of imidazole rings is 2. The van der Waals surface area contributed by atoms with E-state index < -0.39 is 48.6 Å². The van der Waals surface area contributed by atoms with Crippen molar-refractivity contribution in [1.29, 1.82) is 0 Å². The summed E-state index contributed by atoms with van der Waals surface area (Å²) in [5, 5.41) is 38.0. The maximum Gasteiger partial charge on any atom is 0.490 e. The molecule has 26 heteroatoms. The molecular weight excluding hydrogens is 944 g/mol. The molecule has 4 aromatic carbocycles. The average Bonchev–Trinajstić information content (AvgIpc) is 4.10. The summed E-state index contributed by atoms with van der Waals surface area (Å²) in [6.45, 7) is 2.14. The molecule has 2 atom stereocenters. The SMILES string of the molecule is O=C(O)C(F)(F)F.O=C(O)C(F)(F)F.O=C(O)C(F)(F)F.O=C(O)C(F)(F)F.c1cc(-c2cnc([C@@H]3CCCN3)[nH]2)ccc1-c1ccc2ccc(-c3ccc4nc([C@@H]5CCCN5)[nH]c4c3)cc2c1. The topological polar surface area (TPSA) is 231 Å². The summed E-state index contributed by atoms with van der Waals surface area (Å²) in [5.74, 6) is -8.93. The largest absolute Gasteiger partial charge is 0.490 e. The van der Waals surface area contributed by atoms with Gasteiger partial charge in [0.05, 0.1) is 35.0 Å². The predicted octanol–water partition coefficient (Wildman–Crippen LogP) is 9.82. The number of benzene rings is 4. The highest BCUT2D eigenvalue weighted by Gasteiger charge is 2.40. The number of carboxylic acids is 4. The Balaban J connectivity index is 0.000000294. The highest BCUT2D eigenvalue weighted by molar-refractivity contribution is 5.92. The molecule has 8 rings (SSSR count). The van der Waals surface area contributed by atoms with Gasteiger partial charge in [0.2, 0.25) is 0 Å². The number of alkyl halides is 12. The summed E-state index contributed by atoms with van der Waals surface area (Å²) in [6, 6.07) is 29.5. The normalized spacial score (nSPS) is 15.9. The molecule has 0 aliphatic carbocycles. The van der Waals surface area contributed by atoms with E-state index in [2.05, 4.69) is 104 Å². The zero-order valence-corrected chi connectivity index (χ0v) is 34.3. The Morgan fingerprint density at radius 2 is 0.868 bits per heavy atom. The Morgan fingerprint density at radius 3 is 1.29 bits per heavy atom. The minimum atomic E-state index is -5.08. The summed E-state index contributed by atoms with van der Waals surface area (Å²) in [5.41, 5.74) is 9.19. The van der Waals surface area contributed by atoms with Gasteiger partial charge in [0.25, 0.3) is 0 Å². The molecule has 0 amide bonds. The average molecular weight is 981 g/mol. The van der Waals surface area contributed by atoms with Crippen LogP contribution < -0.4 is 10.6 Å². The van der Waals surface area contributed by atoms with Gasteiger partial charge in [-0.1, -0.05) is 54.6 Å². The molecule has 2 aliphatic heterocycles. The first-order valence-corrected chi connectivity index (χ1v) is 19.4. The summed E-state index contributed by atoms with van der Waals surface area (Å²) in [7, 11) is 0. The van der Waals surface area contributed by atoms with Gasteiger partial charge in [-0.25, -0.2) is 29.1 Å². The van der Waals surface area contributed by atoms with E-state index in [1.54, 1.807) is 0 Å². The third-order valence-electron chi connectivity index (χ3n) is 9.55. The summed E-state index contributed by atoms with van der Waals surface area (Å²) < 4.78 is 127. The van der Waals surface area contributed by atoms with Gasteiger partial charge in [0, 0.05) is 0 Å². The van der Waals surface area contributed by atoms with Crippen LogP contribution in [0.1, 0.15) is 49.4 Å². The van der Waals surface area contributed by atoms with Crippen LogP contribution in [0.15, 0.2) is 85.1 Å². The second-order valence-corrected chi connectivity index (χ2v) is 14.4. The number of nitrogens with one attached hydrogen (secondary N) is 4. The number of hydrogen-bond acceptors (Lipinski definition) is 8. The number of aromatic nitrogens is 4. The lowest BCUT2D eigenvalue weighted by molar-refractivity contribution is -0.193. The van der Waals surface area contributed by atoms with Crippen LogP contribution in [0.4, 0.5) is 52.7 Å². The van der Waals surface area contributed by atoms with E-state index in [1.165, 1.54) is 45.9 Å². The van der Waals surface area contributed by atoms with Crippen molar-refractivity contribution in [1.82, 2.24) is 30.6 Å². The molecule has 14 nitrogen and oxygen atoms in total. The number of halogens is 12. The highest BCUT2D eigenvalue weighted by Crippen LogP contribution is 2.32. The van der Waals surface area contributed by atoms with E-state index >= 15 is 0 Å². The van der Waals surface area contributed by atoms with Crippen molar-refractivity contribution < 1.29 is 92.3 Å². The molecule has 366 valence electrons. The first kappa shape index (κ1) is 53.4. The van der Waals surface area contributed by atoms with Crippen molar-refractivity contribution >= 4 is 45.7 Å². The number of carbonyl (C=O) groups is 4. The maximum atomic E-state index is 10.6. The van der Waals surface area contributed by atoms with Crippen LogP contribution in [0.25, 0.3) is 55.3 Å². The van der Waals surface area contributed by atoms with E-state index in [0.717, 1.165) is 59.9 Å². The number of fused-ring (bicyclic) bond motifs is 2. The Bertz CT molecular complexity index is 2590. The third kappa shape index (κ3) is 15.4. The summed E-state index contributed by atoms with van der Waals surface area (Å²) in [6.07, 6.45) is -13.7. The van der Waals surface area contributed by atoms with Gasteiger partial charge < -0.3 is 41.0 Å².